The Morgan fingerprint density at radius 2 is 1.07 bits per heavy atom. The molecule has 56 heavy (non-hydrogen) atoms. The number of Topliss-reactive ketones (excluding diaryl/α,β-unsaturated/α-hetero) is 2. The summed E-state index contributed by atoms with van der Waals surface area (Å²) in [5, 5.41) is 10.9. The van der Waals surface area contributed by atoms with Gasteiger partial charge in [0.2, 0.25) is 0 Å². The number of ketones is 2. The van der Waals surface area contributed by atoms with Gasteiger partial charge >= 0.3 is 0 Å². The van der Waals surface area contributed by atoms with E-state index in [4.69, 9.17) is 14.2 Å². The van der Waals surface area contributed by atoms with Gasteiger partial charge in [-0.1, -0.05) is 6.92 Å². The fourth-order valence-electron chi connectivity index (χ4n) is 14.3. The lowest BCUT2D eigenvalue weighted by Crippen LogP contribution is -2.61. The highest BCUT2D eigenvalue weighted by Crippen LogP contribution is 2.64. The van der Waals surface area contributed by atoms with Crippen molar-refractivity contribution < 1.29 is 55.2 Å². The summed E-state index contributed by atoms with van der Waals surface area (Å²) in [7, 11) is 0. The summed E-state index contributed by atoms with van der Waals surface area (Å²) in [5.41, 5.74) is -0.423. The molecule has 12 fully saturated rings. The third-order valence-electron chi connectivity index (χ3n) is 15.9. The van der Waals surface area contributed by atoms with Crippen molar-refractivity contribution in [1.82, 2.24) is 0 Å². The van der Waals surface area contributed by atoms with Gasteiger partial charge in [-0.25, -0.2) is 26.3 Å². The average Bonchev–Trinajstić information content (AvgIpc) is 3.07. The van der Waals surface area contributed by atoms with E-state index in [0.717, 1.165) is 111 Å². The normalized spacial score (nSPS) is 44.2. The number of hydrogen-bond donors (Lipinski definition) is 1. The number of ether oxygens (including phenoxy) is 3. The van der Waals surface area contributed by atoms with E-state index in [2.05, 4.69) is 6.92 Å². The Hall–Kier alpha value is -1.24. The Morgan fingerprint density at radius 3 is 1.59 bits per heavy atom. The predicted octanol–water partition coefficient (Wildman–Crippen LogP) is 9.59. The minimum Gasteiger partial charge on any atom is -0.389 e. The summed E-state index contributed by atoms with van der Waals surface area (Å²) < 4.78 is 92.5. The highest BCUT2D eigenvalue weighted by molar-refractivity contribution is 5.86. The molecule has 9 atom stereocenters. The van der Waals surface area contributed by atoms with Crippen LogP contribution >= 0.6 is 0 Å². The lowest BCUT2D eigenvalue weighted by atomic mass is 9.44. The Morgan fingerprint density at radius 1 is 0.589 bits per heavy atom. The van der Waals surface area contributed by atoms with E-state index in [1.165, 1.54) is 6.42 Å². The van der Waals surface area contributed by atoms with E-state index in [-0.39, 0.29) is 40.4 Å². The first-order valence-electron chi connectivity index (χ1n) is 21.7. The van der Waals surface area contributed by atoms with Crippen molar-refractivity contribution in [3.05, 3.63) is 0 Å². The first-order valence-corrected chi connectivity index (χ1v) is 21.7. The second-order valence-corrected chi connectivity index (χ2v) is 21.1. The molecule has 0 amide bonds. The minimum atomic E-state index is -2.77. The first kappa shape index (κ1) is 42.9. The topological polar surface area (TPSA) is 82.1 Å². The van der Waals surface area contributed by atoms with Crippen LogP contribution in [0.1, 0.15) is 124 Å². The molecule has 12 aliphatic carbocycles. The number of aliphatic hydroxyl groups is 1. The average molecular weight is 805 g/mol. The van der Waals surface area contributed by atoms with E-state index >= 15 is 0 Å². The molecule has 12 rings (SSSR count). The molecule has 0 aromatic rings. The monoisotopic (exact) mass is 804 g/mol. The third kappa shape index (κ3) is 9.38. The van der Waals surface area contributed by atoms with Crippen molar-refractivity contribution in [1.29, 1.82) is 0 Å². The maximum atomic E-state index is 12.9. The van der Waals surface area contributed by atoms with Crippen LogP contribution in [0.3, 0.4) is 0 Å². The molecule has 0 aromatic heterocycles. The quantitative estimate of drug-likeness (QED) is 0.187. The van der Waals surface area contributed by atoms with E-state index in [9.17, 15) is 41.0 Å². The van der Waals surface area contributed by atoms with Crippen LogP contribution in [-0.2, 0) is 23.8 Å². The molecule has 0 saturated heterocycles. The number of alkyl halides is 6. The van der Waals surface area contributed by atoms with Crippen LogP contribution in [0.5, 0.6) is 0 Å². The molecule has 0 heterocycles. The summed E-state index contributed by atoms with van der Waals surface area (Å²) in [6, 6.07) is 0. The van der Waals surface area contributed by atoms with Crippen molar-refractivity contribution in [3.63, 3.8) is 0 Å². The van der Waals surface area contributed by atoms with Gasteiger partial charge in [-0.05, 0) is 149 Å². The van der Waals surface area contributed by atoms with Crippen LogP contribution in [0.2, 0.25) is 0 Å². The molecular weight excluding hydrogens is 738 g/mol. The number of carbonyl (C=O) groups excluding carboxylic acids is 2. The van der Waals surface area contributed by atoms with Gasteiger partial charge in [0.1, 0.15) is 31.4 Å². The summed E-state index contributed by atoms with van der Waals surface area (Å²) in [4.78, 5) is 24.1. The summed E-state index contributed by atoms with van der Waals surface area (Å²) in [5.74, 6) is -3.22. The molecule has 0 radical (unpaired) electrons. The zero-order valence-electron chi connectivity index (χ0n) is 34.0. The molecule has 6 nitrogen and oxygen atoms in total. The second-order valence-electron chi connectivity index (χ2n) is 21.1. The van der Waals surface area contributed by atoms with Crippen LogP contribution in [0.25, 0.3) is 0 Å². The van der Waals surface area contributed by atoms with Gasteiger partial charge in [0.25, 0.3) is 17.8 Å². The van der Waals surface area contributed by atoms with Crippen molar-refractivity contribution in [2.24, 2.45) is 75.9 Å². The maximum absolute atomic E-state index is 12.9. The molecule has 12 bridgehead atoms. The van der Waals surface area contributed by atoms with Crippen LogP contribution in [0.4, 0.5) is 26.3 Å². The van der Waals surface area contributed by atoms with Gasteiger partial charge in [0.05, 0.1) is 25.4 Å². The molecule has 0 aliphatic heterocycles. The Labute approximate surface area is 329 Å². The first-order chi connectivity index (χ1) is 26.1. The fraction of sp³-hybridized carbons (Fsp3) is 0.955. The zero-order valence-corrected chi connectivity index (χ0v) is 34.0. The smallest absolute Gasteiger partial charge is 0.268 e. The number of carbonyl (C=O) groups is 2. The molecule has 320 valence electrons. The molecule has 0 aromatic carbocycles. The highest BCUT2D eigenvalue weighted by atomic mass is 19.3. The van der Waals surface area contributed by atoms with Crippen LogP contribution in [0, 0.1) is 75.9 Å². The Kier molecular flexibility index (Phi) is 12.0. The van der Waals surface area contributed by atoms with E-state index in [0.29, 0.717) is 66.9 Å². The fourth-order valence-corrected chi connectivity index (χ4v) is 14.3. The Balaban J connectivity index is 0.000000129. The van der Waals surface area contributed by atoms with Crippen molar-refractivity contribution >= 4 is 11.6 Å². The van der Waals surface area contributed by atoms with Gasteiger partial charge in [0, 0.05) is 44.4 Å². The summed E-state index contributed by atoms with van der Waals surface area (Å²) in [6.07, 6.45) is 15.1. The van der Waals surface area contributed by atoms with Crippen LogP contribution in [0.15, 0.2) is 0 Å². The van der Waals surface area contributed by atoms with E-state index in [1.807, 2.05) is 0 Å². The number of halogens is 6. The van der Waals surface area contributed by atoms with Gasteiger partial charge < -0.3 is 19.3 Å². The molecular formula is C44H66F6O6. The predicted molar refractivity (Wildman–Crippen MR) is 197 cm³/mol. The van der Waals surface area contributed by atoms with Gasteiger partial charge in [-0.15, -0.1) is 0 Å². The van der Waals surface area contributed by atoms with Crippen molar-refractivity contribution in [2.45, 2.75) is 147 Å². The van der Waals surface area contributed by atoms with Crippen LogP contribution < -0.4 is 0 Å². The summed E-state index contributed by atoms with van der Waals surface area (Å²) >= 11 is 0. The minimum absolute atomic E-state index is 0.0235. The lowest BCUT2D eigenvalue weighted by Gasteiger charge is -2.63. The molecule has 9 unspecified atom stereocenters. The van der Waals surface area contributed by atoms with Crippen molar-refractivity contribution in [2.75, 3.05) is 39.6 Å². The van der Waals surface area contributed by atoms with E-state index in [1.54, 1.807) is 0 Å². The highest BCUT2D eigenvalue weighted by Gasteiger charge is 2.61. The SMILES string of the molecule is CC(F)(F)COCC12CC3CC(C1)C(=O)C(C3)C2.CC(F)(F)COCC1C2CC3CC(C2)C(=O)C1C3.CCC1(O)C2CC3CC1CC(COCC(C)(F)F)(C3)C2. The molecule has 12 heteroatoms. The number of hydrogen-bond acceptors (Lipinski definition) is 6. The van der Waals surface area contributed by atoms with Crippen molar-refractivity contribution in [3.8, 4) is 0 Å². The second kappa shape index (κ2) is 15.7. The largest absolute Gasteiger partial charge is 0.389 e. The van der Waals surface area contributed by atoms with Gasteiger partial charge in [0.15, 0.2) is 0 Å². The maximum Gasteiger partial charge on any atom is 0.268 e. The van der Waals surface area contributed by atoms with Gasteiger partial charge in [-0.2, -0.15) is 0 Å². The molecule has 12 saturated carbocycles. The Bertz CT molecular complexity index is 1390. The van der Waals surface area contributed by atoms with Crippen LogP contribution in [-0.4, -0.2) is 79.7 Å². The number of rotatable bonds is 13. The molecule has 0 spiro atoms. The summed E-state index contributed by atoms with van der Waals surface area (Å²) in [6.45, 7) is 4.42. The standard InChI is InChI=1S/C16H26F2O2.2C14H20F2O2/c1-3-16(19)12-4-11-5-13(16)8-15(6-11,7-12)10-20-9-14(2,17)18;1-13(15,16)7-18-8-14-4-9-2-10(5-14)12(17)11(3-9)6-14;1-14(15,16)7-18-6-12-9-2-8-3-10(5-9)13(17)11(12)4-8/h11-13,19H,3-10H2,1-2H3;9-11H,2-8H2,1H3;8-12H,2-7H2,1H3. The third-order valence-corrected chi connectivity index (χ3v) is 15.9. The lowest BCUT2D eigenvalue weighted by molar-refractivity contribution is -0.217. The molecule has 1 N–H and O–H groups in total. The zero-order chi connectivity index (χ0) is 40.5. The molecule has 12 aliphatic rings. The van der Waals surface area contributed by atoms with Gasteiger partial charge in [-0.3, -0.25) is 9.59 Å². The van der Waals surface area contributed by atoms with E-state index < -0.39 is 43.2 Å².